The Bertz CT molecular complexity index is 366. The SMILES string of the molecule is CCN(CC)S(=O)(=O)/C(S/C=C/N)=C(/C)O. The maximum absolute atomic E-state index is 12.1. The van der Waals surface area contributed by atoms with Gasteiger partial charge in [-0.05, 0) is 12.3 Å². The Kier molecular flexibility index (Phi) is 6.54. The monoisotopic (exact) mass is 266 g/mol. The highest BCUT2D eigenvalue weighted by Crippen LogP contribution is 2.28. The second-order valence-corrected chi connectivity index (χ2v) is 5.96. The minimum atomic E-state index is -3.62. The molecule has 0 radical (unpaired) electrons. The maximum atomic E-state index is 12.1. The molecule has 16 heavy (non-hydrogen) atoms. The lowest BCUT2D eigenvalue weighted by atomic mass is 10.7. The number of nitrogens with zero attached hydrogens (tertiary/aromatic N) is 1. The number of sulfonamides is 1. The lowest BCUT2D eigenvalue weighted by Crippen LogP contribution is -2.31. The summed E-state index contributed by atoms with van der Waals surface area (Å²) in [6.07, 6.45) is 1.23. The van der Waals surface area contributed by atoms with Crippen molar-refractivity contribution in [3.05, 3.63) is 21.6 Å². The molecule has 0 aliphatic rings. The summed E-state index contributed by atoms with van der Waals surface area (Å²) in [6.45, 7) is 5.56. The van der Waals surface area contributed by atoms with Crippen LogP contribution in [0, 0.1) is 0 Å². The molecule has 0 atom stereocenters. The van der Waals surface area contributed by atoms with Crippen LogP contribution in [0.1, 0.15) is 20.8 Å². The third-order valence-corrected chi connectivity index (χ3v) is 5.51. The molecule has 0 bridgehead atoms. The van der Waals surface area contributed by atoms with Crippen LogP contribution in [0.15, 0.2) is 21.6 Å². The van der Waals surface area contributed by atoms with Crippen LogP contribution in [0.4, 0.5) is 0 Å². The number of allylic oxidation sites excluding steroid dienone is 1. The van der Waals surface area contributed by atoms with Crippen molar-refractivity contribution in [1.29, 1.82) is 0 Å². The molecule has 0 amide bonds. The van der Waals surface area contributed by atoms with Gasteiger partial charge in [-0.3, -0.25) is 0 Å². The van der Waals surface area contributed by atoms with Gasteiger partial charge in [-0.25, -0.2) is 8.42 Å². The average molecular weight is 266 g/mol. The van der Waals surface area contributed by atoms with E-state index in [0.29, 0.717) is 13.1 Å². The fourth-order valence-corrected chi connectivity index (χ4v) is 3.74. The molecule has 0 saturated carbocycles. The Hall–Kier alpha value is -0.660. The van der Waals surface area contributed by atoms with Crippen molar-refractivity contribution in [3.8, 4) is 0 Å². The van der Waals surface area contributed by atoms with E-state index < -0.39 is 10.0 Å². The number of hydrogen-bond donors (Lipinski definition) is 2. The lowest BCUT2D eigenvalue weighted by molar-refractivity contribution is 0.410. The van der Waals surface area contributed by atoms with Crippen LogP contribution < -0.4 is 5.73 Å². The molecule has 0 spiro atoms. The van der Waals surface area contributed by atoms with Crippen molar-refractivity contribution in [2.24, 2.45) is 5.73 Å². The van der Waals surface area contributed by atoms with Crippen LogP contribution in [0.2, 0.25) is 0 Å². The summed E-state index contributed by atoms with van der Waals surface area (Å²) < 4.78 is 25.3. The van der Waals surface area contributed by atoms with Gasteiger partial charge >= 0.3 is 0 Å². The molecule has 94 valence electrons. The van der Waals surface area contributed by atoms with E-state index in [1.807, 2.05) is 0 Å². The van der Waals surface area contributed by atoms with E-state index in [0.717, 1.165) is 11.8 Å². The van der Waals surface area contributed by atoms with Gasteiger partial charge in [0.2, 0.25) is 0 Å². The molecule has 0 unspecified atom stereocenters. The molecule has 0 fully saturated rings. The number of nitrogens with two attached hydrogens (primary N) is 1. The van der Waals surface area contributed by atoms with Crippen LogP contribution in [0.5, 0.6) is 0 Å². The molecule has 0 aromatic carbocycles. The summed E-state index contributed by atoms with van der Waals surface area (Å²) in [5, 5.41) is 10.8. The van der Waals surface area contributed by atoms with Crippen LogP contribution in [0.25, 0.3) is 0 Å². The molecule has 0 rings (SSSR count). The van der Waals surface area contributed by atoms with E-state index in [-0.39, 0.29) is 10.00 Å². The number of hydrogen-bond acceptors (Lipinski definition) is 5. The van der Waals surface area contributed by atoms with Crippen LogP contribution in [-0.4, -0.2) is 30.9 Å². The first-order valence-corrected chi connectivity index (χ1v) is 7.17. The second-order valence-electron chi connectivity index (χ2n) is 2.91. The van der Waals surface area contributed by atoms with Crippen molar-refractivity contribution >= 4 is 21.8 Å². The van der Waals surface area contributed by atoms with E-state index in [1.165, 1.54) is 22.8 Å². The molecule has 0 aromatic rings. The smallest absolute Gasteiger partial charge is 0.252 e. The Morgan fingerprint density at radius 2 is 1.94 bits per heavy atom. The molecule has 7 heteroatoms. The summed E-state index contributed by atoms with van der Waals surface area (Å²) in [5.41, 5.74) is 5.15. The highest BCUT2D eigenvalue weighted by atomic mass is 32.3. The summed E-state index contributed by atoms with van der Waals surface area (Å²) in [7, 11) is -3.62. The zero-order valence-electron chi connectivity index (χ0n) is 9.67. The van der Waals surface area contributed by atoms with Gasteiger partial charge in [-0.15, -0.1) is 0 Å². The molecule has 0 aromatic heterocycles. The van der Waals surface area contributed by atoms with Crippen LogP contribution >= 0.6 is 11.8 Å². The van der Waals surface area contributed by atoms with Crippen molar-refractivity contribution in [2.45, 2.75) is 20.8 Å². The van der Waals surface area contributed by atoms with E-state index in [1.54, 1.807) is 13.8 Å². The molecule has 3 N–H and O–H groups in total. The standard InChI is InChI=1S/C9H18N2O3S2/c1-4-11(5-2)16(13,14)9(8(3)12)15-7-6-10/h6-7,12H,4-5,10H2,1-3H3/b7-6+,9-8-. The molecule has 5 nitrogen and oxygen atoms in total. The van der Waals surface area contributed by atoms with Gasteiger partial charge in [-0.2, -0.15) is 4.31 Å². The maximum Gasteiger partial charge on any atom is 0.252 e. The lowest BCUT2D eigenvalue weighted by Gasteiger charge is -2.19. The fourth-order valence-electron chi connectivity index (χ4n) is 1.11. The van der Waals surface area contributed by atoms with E-state index in [4.69, 9.17) is 5.73 Å². The Labute approximate surface area is 101 Å². The highest BCUT2D eigenvalue weighted by Gasteiger charge is 2.26. The van der Waals surface area contributed by atoms with Gasteiger partial charge in [0, 0.05) is 19.3 Å². The first-order valence-electron chi connectivity index (χ1n) is 4.85. The average Bonchev–Trinajstić information content (AvgIpc) is 2.18. The first-order chi connectivity index (χ1) is 7.41. The summed E-state index contributed by atoms with van der Waals surface area (Å²) in [4.78, 5) is 0. The van der Waals surface area contributed by atoms with Crippen molar-refractivity contribution < 1.29 is 13.5 Å². The molecular weight excluding hydrogens is 248 g/mol. The van der Waals surface area contributed by atoms with Gasteiger partial charge in [-0.1, -0.05) is 25.6 Å². The number of aliphatic hydroxyl groups excluding tert-OH is 1. The largest absolute Gasteiger partial charge is 0.511 e. The molecular formula is C9H18N2O3S2. The van der Waals surface area contributed by atoms with Gasteiger partial charge in [0.15, 0.2) is 4.24 Å². The highest BCUT2D eigenvalue weighted by molar-refractivity contribution is 8.19. The third kappa shape index (κ3) is 3.73. The van der Waals surface area contributed by atoms with Gasteiger partial charge in [0.05, 0.1) is 0 Å². The van der Waals surface area contributed by atoms with Crippen molar-refractivity contribution in [3.63, 3.8) is 0 Å². The normalized spacial score (nSPS) is 14.5. The fraction of sp³-hybridized carbons (Fsp3) is 0.556. The summed E-state index contributed by atoms with van der Waals surface area (Å²) in [6, 6.07) is 0. The Morgan fingerprint density at radius 3 is 2.25 bits per heavy atom. The van der Waals surface area contributed by atoms with Crippen LogP contribution in [-0.2, 0) is 10.0 Å². The van der Waals surface area contributed by atoms with Crippen LogP contribution in [0.3, 0.4) is 0 Å². The number of aliphatic hydroxyl groups is 1. The minimum Gasteiger partial charge on any atom is -0.511 e. The number of rotatable bonds is 6. The predicted octanol–water partition coefficient (Wildman–Crippen LogP) is 1.57. The Morgan fingerprint density at radius 1 is 1.44 bits per heavy atom. The second kappa shape index (κ2) is 6.82. The van der Waals surface area contributed by atoms with Gasteiger partial charge in [0.1, 0.15) is 5.76 Å². The molecule has 0 heterocycles. The molecule has 0 saturated heterocycles. The zero-order chi connectivity index (χ0) is 12.8. The van der Waals surface area contributed by atoms with E-state index >= 15 is 0 Å². The molecule has 0 aliphatic heterocycles. The van der Waals surface area contributed by atoms with Gasteiger partial charge in [0.25, 0.3) is 10.0 Å². The summed E-state index contributed by atoms with van der Waals surface area (Å²) >= 11 is 0.890. The zero-order valence-corrected chi connectivity index (χ0v) is 11.3. The topological polar surface area (TPSA) is 83.6 Å². The Balaban J connectivity index is 5.30. The van der Waals surface area contributed by atoms with E-state index in [2.05, 4.69) is 0 Å². The quantitative estimate of drug-likeness (QED) is 0.713. The number of thioether (sulfide) groups is 1. The summed E-state index contributed by atoms with van der Waals surface area (Å²) in [5.74, 6) is -0.227. The minimum absolute atomic E-state index is 0.0853. The molecule has 0 aliphatic carbocycles. The van der Waals surface area contributed by atoms with E-state index in [9.17, 15) is 13.5 Å². The first kappa shape index (κ1) is 15.3. The van der Waals surface area contributed by atoms with Crippen molar-refractivity contribution in [1.82, 2.24) is 4.31 Å². The third-order valence-electron chi connectivity index (χ3n) is 1.83. The van der Waals surface area contributed by atoms with Gasteiger partial charge < -0.3 is 10.8 Å². The predicted molar refractivity (Wildman–Crippen MR) is 68.1 cm³/mol. The van der Waals surface area contributed by atoms with Crippen molar-refractivity contribution in [2.75, 3.05) is 13.1 Å².